The Labute approximate surface area is 91.9 Å². The van der Waals surface area contributed by atoms with E-state index < -0.39 is 0 Å². The van der Waals surface area contributed by atoms with Crippen LogP contribution in [0.2, 0.25) is 0 Å². The highest BCUT2D eigenvalue weighted by atomic mass is 14.7. The maximum absolute atomic E-state index is 4.04. The van der Waals surface area contributed by atoms with E-state index in [1.54, 1.807) is 0 Å². The van der Waals surface area contributed by atoms with Crippen LogP contribution in [-0.4, -0.2) is 6.21 Å². The van der Waals surface area contributed by atoms with Crippen molar-refractivity contribution in [3.63, 3.8) is 0 Å². The van der Waals surface area contributed by atoms with Gasteiger partial charge in [0.15, 0.2) is 0 Å². The summed E-state index contributed by atoms with van der Waals surface area (Å²) in [5.74, 6) is 0.495. The van der Waals surface area contributed by atoms with Crippen LogP contribution in [0.15, 0.2) is 42.5 Å². The maximum Gasteiger partial charge on any atom is 0.0346 e. The molecule has 1 heteroatoms. The van der Waals surface area contributed by atoms with Crippen molar-refractivity contribution in [3.05, 3.63) is 54.2 Å². The third kappa shape index (κ3) is 2.66. The lowest BCUT2D eigenvalue weighted by Crippen LogP contribution is -1.96. The van der Waals surface area contributed by atoms with E-state index >= 15 is 0 Å². The standard InChI is InChI=1S/C14H17N/c1-5-13-12(10-15-6-2)8-7-9-14(13)11(3)4/h5-11H,1-2H2,3-4H3. The van der Waals surface area contributed by atoms with Gasteiger partial charge < -0.3 is 0 Å². The van der Waals surface area contributed by atoms with E-state index in [0.717, 1.165) is 11.1 Å². The van der Waals surface area contributed by atoms with Crippen LogP contribution in [0.25, 0.3) is 6.08 Å². The third-order valence-corrected chi connectivity index (χ3v) is 2.32. The van der Waals surface area contributed by atoms with Gasteiger partial charge in [-0.15, -0.1) is 0 Å². The van der Waals surface area contributed by atoms with Gasteiger partial charge >= 0.3 is 0 Å². The zero-order chi connectivity index (χ0) is 11.3. The Morgan fingerprint density at radius 1 is 1.27 bits per heavy atom. The zero-order valence-electron chi connectivity index (χ0n) is 9.40. The van der Waals surface area contributed by atoms with E-state index in [1.807, 2.05) is 24.4 Å². The molecule has 0 saturated carbocycles. The summed E-state index contributed by atoms with van der Waals surface area (Å²) in [7, 11) is 0. The molecule has 1 aromatic carbocycles. The molecule has 0 aliphatic heterocycles. The minimum Gasteiger partial charge on any atom is -0.265 e. The fourth-order valence-corrected chi connectivity index (χ4v) is 1.59. The van der Waals surface area contributed by atoms with Crippen LogP contribution in [0, 0.1) is 0 Å². The summed E-state index contributed by atoms with van der Waals surface area (Å²) in [6.45, 7) is 11.8. The highest BCUT2D eigenvalue weighted by Crippen LogP contribution is 2.22. The van der Waals surface area contributed by atoms with E-state index in [0.29, 0.717) is 5.92 Å². The van der Waals surface area contributed by atoms with Crippen LogP contribution >= 0.6 is 0 Å². The lowest BCUT2D eigenvalue weighted by Gasteiger charge is -2.11. The lowest BCUT2D eigenvalue weighted by molar-refractivity contribution is 0.864. The summed E-state index contributed by atoms with van der Waals surface area (Å²) in [6, 6.07) is 6.22. The molecule has 0 aromatic heterocycles. The molecule has 1 nitrogen and oxygen atoms in total. The molecule has 0 unspecified atom stereocenters. The Kier molecular flexibility index (Phi) is 4.04. The summed E-state index contributed by atoms with van der Waals surface area (Å²) < 4.78 is 0. The average Bonchev–Trinajstić information content (AvgIpc) is 2.25. The quantitative estimate of drug-likeness (QED) is 0.649. The summed E-state index contributed by atoms with van der Waals surface area (Å²) in [4.78, 5) is 4.04. The number of nitrogens with zero attached hydrogens (tertiary/aromatic N) is 1. The Morgan fingerprint density at radius 3 is 2.53 bits per heavy atom. The van der Waals surface area contributed by atoms with E-state index in [1.165, 1.54) is 11.8 Å². The van der Waals surface area contributed by atoms with Crippen molar-refractivity contribution in [2.24, 2.45) is 4.99 Å². The average molecular weight is 199 g/mol. The first-order chi connectivity index (χ1) is 7.20. The van der Waals surface area contributed by atoms with Gasteiger partial charge in [-0.3, -0.25) is 4.99 Å². The summed E-state index contributed by atoms with van der Waals surface area (Å²) in [5, 5.41) is 0. The monoisotopic (exact) mass is 199 g/mol. The van der Waals surface area contributed by atoms with Crippen LogP contribution in [0.3, 0.4) is 0 Å². The molecule has 78 valence electrons. The molecule has 0 spiro atoms. The van der Waals surface area contributed by atoms with Gasteiger partial charge in [-0.1, -0.05) is 51.3 Å². The van der Waals surface area contributed by atoms with Crippen LogP contribution in [0.1, 0.15) is 36.5 Å². The number of aliphatic imine (C=N–C) groups is 1. The van der Waals surface area contributed by atoms with Gasteiger partial charge in [-0.2, -0.15) is 0 Å². The fourth-order valence-electron chi connectivity index (χ4n) is 1.59. The summed E-state index contributed by atoms with van der Waals surface area (Å²) in [5.41, 5.74) is 3.56. The number of hydrogen-bond donors (Lipinski definition) is 0. The molecule has 0 aliphatic carbocycles. The van der Waals surface area contributed by atoms with E-state index in [-0.39, 0.29) is 0 Å². The van der Waals surface area contributed by atoms with Gasteiger partial charge in [0.1, 0.15) is 0 Å². The molecule has 0 N–H and O–H groups in total. The van der Waals surface area contributed by atoms with E-state index in [4.69, 9.17) is 0 Å². The van der Waals surface area contributed by atoms with Crippen molar-refractivity contribution >= 4 is 12.3 Å². The van der Waals surface area contributed by atoms with Crippen LogP contribution in [0.5, 0.6) is 0 Å². The molecular weight excluding hydrogens is 182 g/mol. The molecule has 1 rings (SSSR count). The molecule has 1 aromatic rings. The molecule has 0 saturated heterocycles. The second kappa shape index (κ2) is 5.30. The molecular formula is C14H17N. The molecule has 0 amide bonds. The summed E-state index contributed by atoms with van der Waals surface area (Å²) >= 11 is 0. The molecule has 0 heterocycles. The Hall–Kier alpha value is -1.63. The van der Waals surface area contributed by atoms with Crippen molar-refractivity contribution in [3.8, 4) is 0 Å². The van der Waals surface area contributed by atoms with Gasteiger partial charge in [-0.25, -0.2) is 0 Å². The molecule has 0 bridgehead atoms. The minimum absolute atomic E-state index is 0.495. The van der Waals surface area contributed by atoms with E-state index in [2.05, 4.69) is 38.1 Å². The zero-order valence-corrected chi connectivity index (χ0v) is 9.40. The van der Waals surface area contributed by atoms with Gasteiger partial charge in [0.25, 0.3) is 0 Å². The fraction of sp³-hybridized carbons (Fsp3) is 0.214. The minimum atomic E-state index is 0.495. The topological polar surface area (TPSA) is 12.4 Å². The molecule has 0 radical (unpaired) electrons. The number of hydrogen-bond acceptors (Lipinski definition) is 1. The van der Waals surface area contributed by atoms with Crippen LogP contribution in [0.4, 0.5) is 0 Å². The van der Waals surface area contributed by atoms with Crippen molar-refractivity contribution < 1.29 is 0 Å². The molecule has 15 heavy (non-hydrogen) atoms. The highest BCUT2D eigenvalue weighted by Gasteiger charge is 2.06. The smallest absolute Gasteiger partial charge is 0.0346 e. The molecule has 0 fully saturated rings. The number of benzene rings is 1. The van der Waals surface area contributed by atoms with Crippen LogP contribution in [-0.2, 0) is 0 Å². The Morgan fingerprint density at radius 2 is 2.00 bits per heavy atom. The molecule has 0 aliphatic rings. The normalized spacial score (nSPS) is 10.9. The van der Waals surface area contributed by atoms with Gasteiger partial charge in [0, 0.05) is 18.0 Å². The van der Waals surface area contributed by atoms with Crippen molar-refractivity contribution in [1.29, 1.82) is 0 Å². The Balaban J connectivity index is 3.27. The second-order valence-corrected chi connectivity index (χ2v) is 3.67. The first kappa shape index (κ1) is 11.4. The Bertz CT molecular complexity index is 386. The maximum atomic E-state index is 4.04. The van der Waals surface area contributed by atoms with Crippen molar-refractivity contribution in [2.45, 2.75) is 19.8 Å². The predicted molar refractivity (Wildman–Crippen MR) is 68.4 cm³/mol. The van der Waals surface area contributed by atoms with Crippen molar-refractivity contribution in [1.82, 2.24) is 0 Å². The lowest BCUT2D eigenvalue weighted by atomic mass is 9.94. The number of rotatable bonds is 4. The highest BCUT2D eigenvalue weighted by molar-refractivity contribution is 5.86. The van der Waals surface area contributed by atoms with Gasteiger partial charge in [0.05, 0.1) is 0 Å². The summed E-state index contributed by atoms with van der Waals surface area (Å²) in [6.07, 6.45) is 5.24. The van der Waals surface area contributed by atoms with E-state index in [9.17, 15) is 0 Å². The van der Waals surface area contributed by atoms with Crippen molar-refractivity contribution in [2.75, 3.05) is 0 Å². The first-order valence-electron chi connectivity index (χ1n) is 5.10. The second-order valence-electron chi connectivity index (χ2n) is 3.67. The third-order valence-electron chi connectivity index (χ3n) is 2.32. The molecule has 0 atom stereocenters. The predicted octanol–water partition coefficient (Wildman–Crippen LogP) is 4.02. The first-order valence-corrected chi connectivity index (χ1v) is 5.10. The van der Waals surface area contributed by atoms with Gasteiger partial charge in [-0.05, 0) is 17.0 Å². The SMILES string of the molecule is C=CN=Cc1cccc(C(C)C)c1C=C. The van der Waals surface area contributed by atoms with Gasteiger partial charge in [0.2, 0.25) is 0 Å². The largest absolute Gasteiger partial charge is 0.265 e. The van der Waals surface area contributed by atoms with Crippen LogP contribution < -0.4 is 0 Å².